The van der Waals surface area contributed by atoms with Crippen LogP contribution in [0.5, 0.6) is 0 Å². The highest BCUT2D eigenvalue weighted by Gasteiger charge is 2.34. The average molecular weight is 365 g/mol. The van der Waals surface area contributed by atoms with Crippen LogP contribution in [0.25, 0.3) is 5.69 Å². The quantitative estimate of drug-likeness (QED) is 0.906. The van der Waals surface area contributed by atoms with E-state index in [4.69, 9.17) is 0 Å². The molecule has 0 aliphatic carbocycles. The summed E-state index contributed by atoms with van der Waals surface area (Å²) >= 11 is 0. The zero-order valence-corrected chi connectivity index (χ0v) is 16.0. The molecule has 1 N–H and O–H groups in total. The third-order valence-corrected chi connectivity index (χ3v) is 5.98. The number of piperidine rings is 3. The van der Waals surface area contributed by atoms with Gasteiger partial charge < -0.3 is 10.2 Å². The fourth-order valence-electron chi connectivity index (χ4n) is 4.22. The Balaban J connectivity index is 1.55. The zero-order chi connectivity index (χ0) is 19.0. The van der Waals surface area contributed by atoms with E-state index in [1.165, 1.54) is 11.6 Å². The standard InChI is InChI=1S/C22H27N3O2/c1-15(2)16-3-6-19(7-4-16)25-13-18(5-8-21(25)26)22(27)23-20-14-24-11-9-17(20)10-12-24/h3-8,13,15,17,20H,9-12,14H2,1-2H3,(H,23,27). The average Bonchev–Trinajstić information content (AvgIpc) is 2.69. The fraction of sp³-hybridized carbons (Fsp3) is 0.455. The SMILES string of the molecule is CC(C)c1ccc(-n2cc(C(=O)NC3CN4CCC3CC4)ccc2=O)cc1. The number of nitrogens with zero attached hydrogens (tertiary/aromatic N) is 2. The summed E-state index contributed by atoms with van der Waals surface area (Å²) in [4.78, 5) is 27.5. The summed E-state index contributed by atoms with van der Waals surface area (Å²) < 4.78 is 1.55. The number of pyridine rings is 1. The number of nitrogens with one attached hydrogen (secondary N) is 1. The van der Waals surface area contributed by atoms with E-state index >= 15 is 0 Å². The van der Waals surface area contributed by atoms with Gasteiger partial charge in [-0.05, 0) is 61.5 Å². The summed E-state index contributed by atoms with van der Waals surface area (Å²) in [7, 11) is 0. The van der Waals surface area contributed by atoms with Gasteiger partial charge in [0.25, 0.3) is 11.5 Å². The maximum absolute atomic E-state index is 12.8. The molecular weight excluding hydrogens is 338 g/mol. The first-order valence-corrected chi connectivity index (χ1v) is 9.87. The minimum absolute atomic E-state index is 0.0960. The number of amides is 1. The van der Waals surface area contributed by atoms with E-state index in [1.54, 1.807) is 16.8 Å². The van der Waals surface area contributed by atoms with E-state index in [2.05, 4.69) is 24.1 Å². The first kappa shape index (κ1) is 18.0. The van der Waals surface area contributed by atoms with Crippen LogP contribution < -0.4 is 10.9 Å². The molecule has 3 saturated heterocycles. The first-order valence-electron chi connectivity index (χ1n) is 9.87. The lowest BCUT2D eigenvalue weighted by atomic mass is 9.84. The van der Waals surface area contributed by atoms with Crippen molar-refractivity contribution in [3.8, 4) is 5.69 Å². The van der Waals surface area contributed by atoms with E-state index in [0.29, 0.717) is 17.4 Å². The molecule has 1 amide bonds. The molecular formula is C22H27N3O2. The molecule has 0 radical (unpaired) electrons. The monoisotopic (exact) mass is 365 g/mol. The highest BCUT2D eigenvalue weighted by molar-refractivity contribution is 5.94. The zero-order valence-electron chi connectivity index (χ0n) is 16.0. The third kappa shape index (κ3) is 3.69. The molecule has 4 heterocycles. The van der Waals surface area contributed by atoms with Gasteiger partial charge >= 0.3 is 0 Å². The molecule has 3 aliphatic rings. The van der Waals surface area contributed by atoms with Gasteiger partial charge in [-0.3, -0.25) is 14.2 Å². The number of aromatic nitrogens is 1. The number of hydrogen-bond acceptors (Lipinski definition) is 3. The highest BCUT2D eigenvalue weighted by atomic mass is 16.2. The number of carbonyl (C=O) groups excluding carboxylic acids is 1. The van der Waals surface area contributed by atoms with Crippen LogP contribution in [0.2, 0.25) is 0 Å². The molecule has 5 heteroatoms. The Bertz CT molecular complexity index is 877. The van der Waals surface area contributed by atoms with Crippen LogP contribution in [-0.2, 0) is 0 Å². The predicted molar refractivity (Wildman–Crippen MR) is 107 cm³/mol. The second-order valence-electron chi connectivity index (χ2n) is 8.09. The molecule has 1 atom stereocenters. The molecule has 5 nitrogen and oxygen atoms in total. The second-order valence-corrected chi connectivity index (χ2v) is 8.09. The molecule has 3 aliphatic heterocycles. The maximum atomic E-state index is 12.8. The van der Waals surface area contributed by atoms with Crippen LogP contribution in [0, 0.1) is 5.92 Å². The summed E-state index contributed by atoms with van der Waals surface area (Å²) in [6, 6.07) is 11.3. The summed E-state index contributed by atoms with van der Waals surface area (Å²) in [5.74, 6) is 0.921. The smallest absolute Gasteiger partial charge is 0.255 e. The molecule has 0 saturated carbocycles. The highest BCUT2D eigenvalue weighted by Crippen LogP contribution is 2.27. The van der Waals surface area contributed by atoms with Crippen LogP contribution >= 0.6 is 0 Å². The van der Waals surface area contributed by atoms with Crippen molar-refractivity contribution < 1.29 is 4.79 Å². The number of rotatable bonds is 4. The first-order chi connectivity index (χ1) is 13.0. The Morgan fingerprint density at radius 3 is 2.37 bits per heavy atom. The molecule has 0 spiro atoms. The van der Waals surface area contributed by atoms with Gasteiger partial charge in [-0.1, -0.05) is 26.0 Å². The molecule has 2 bridgehead atoms. The maximum Gasteiger partial charge on any atom is 0.255 e. The van der Waals surface area contributed by atoms with Gasteiger partial charge in [0.1, 0.15) is 0 Å². The Labute approximate surface area is 160 Å². The Kier molecular flexibility index (Phi) is 4.87. The largest absolute Gasteiger partial charge is 0.348 e. The lowest BCUT2D eigenvalue weighted by Crippen LogP contribution is -2.57. The molecule has 1 unspecified atom stereocenters. The molecule has 2 aromatic rings. The van der Waals surface area contributed by atoms with Gasteiger partial charge in [0, 0.05) is 30.5 Å². The molecule has 142 valence electrons. The minimum Gasteiger partial charge on any atom is -0.348 e. The van der Waals surface area contributed by atoms with Crippen molar-refractivity contribution in [2.24, 2.45) is 5.92 Å². The van der Waals surface area contributed by atoms with E-state index in [9.17, 15) is 9.59 Å². The topological polar surface area (TPSA) is 54.3 Å². The summed E-state index contributed by atoms with van der Waals surface area (Å²) in [5, 5.41) is 3.19. The summed E-state index contributed by atoms with van der Waals surface area (Å²) in [6.45, 7) is 7.51. The van der Waals surface area contributed by atoms with Gasteiger partial charge in [-0.15, -0.1) is 0 Å². The normalized spacial score (nSPS) is 24.2. The number of benzene rings is 1. The Morgan fingerprint density at radius 2 is 1.78 bits per heavy atom. The molecule has 5 rings (SSSR count). The van der Waals surface area contributed by atoms with Crippen molar-refractivity contribution in [3.05, 3.63) is 64.1 Å². The van der Waals surface area contributed by atoms with Crippen LogP contribution in [0.15, 0.2) is 47.4 Å². The second kappa shape index (κ2) is 7.31. The van der Waals surface area contributed by atoms with Crippen molar-refractivity contribution >= 4 is 5.91 Å². The van der Waals surface area contributed by atoms with E-state index in [0.717, 1.165) is 38.2 Å². The van der Waals surface area contributed by atoms with E-state index < -0.39 is 0 Å². The van der Waals surface area contributed by atoms with Crippen molar-refractivity contribution in [1.82, 2.24) is 14.8 Å². The van der Waals surface area contributed by atoms with Crippen LogP contribution in [0.3, 0.4) is 0 Å². The Hall–Kier alpha value is -2.40. The van der Waals surface area contributed by atoms with Crippen LogP contribution in [-0.4, -0.2) is 41.1 Å². The molecule has 27 heavy (non-hydrogen) atoms. The van der Waals surface area contributed by atoms with E-state index in [1.807, 2.05) is 24.3 Å². The lowest BCUT2D eigenvalue weighted by molar-refractivity contribution is 0.0620. The van der Waals surface area contributed by atoms with Crippen LogP contribution in [0.4, 0.5) is 0 Å². The minimum atomic E-state index is -0.133. The molecule has 1 aromatic heterocycles. The number of fused-ring (bicyclic) bond motifs is 3. The van der Waals surface area contributed by atoms with Gasteiger partial charge in [-0.25, -0.2) is 0 Å². The molecule has 3 fully saturated rings. The van der Waals surface area contributed by atoms with E-state index in [-0.39, 0.29) is 17.5 Å². The molecule has 1 aromatic carbocycles. The van der Waals surface area contributed by atoms with Gasteiger partial charge in [0.05, 0.1) is 5.56 Å². The lowest BCUT2D eigenvalue weighted by Gasteiger charge is -2.44. The third-order valence-electron chi connectivity index (χ3n) is 5.98. The van der Waals surface area contributed by atoms with Gasteiger partial charge in [0.15, 0.2) is 0 Å². The van der Waals surface area contributed by atoms with Crippen molar-refractivity contribution in [2.75, 3.05) is 19.6 Å². The van der Waals surface area contributed by atoms with Gasteiger partial charge in [0.2, 0.25) is 0 Å². The number of carbonyl (C=O) groups is 1. The van der Waals surface area contributed by atoms with Crippen molar-refractivity contribution in [3.63, 3.8) is 0 Å². The van der Waals surface area contributed by atoms with Crippen LogP contribution in [0.1, 0.15) is 48.5 Å². The summed E-state index contributed by atoms with van der Waals surface area (Å²) in [6.07, 6.45) is 3.97. The Morgan fingerprint density at radius 1 is 1.07 bits per heavy atom. The predicted octanol–water partition coefficient (Wildman–Crippen LogP) is 2.78. The van der Waals surface area contributed by atoms with Crippen molar-refractivity contribution in [2.45, 2.75) is 38.6 Å². The number of hydrogen-bond donors (Lipinski definition) is 1. The fourth-order valence-corrected chi connectivity index (χ4v) is 4.22. The van der Waals surface area contributed by atoms with Gasteiger partial charge in [-0.2, -0.15) is 0 Å². The summed E-state index contributed by atoms with van der Waals surface area (Å²) in [5.41, 5.74) is 2.40. The van der Waals surface area contributed by atoms with Crippen molar-refractivity contribution in [1.29, 1.82) is 0 Å².